The lowest BCUT2D eigenvalue weighted by molar-refractivity contribution is -0.121. The number of hydrogen-bond donors (Lipinski definition) is 2. The topological polar surface area (TPSA) is 41.1 Å². The van der Waals surface area contributed by atoms with Gasteiger partial charge in [0.25, 0.3) is 0 Å². The number of alkyl halides is 1. The first-order valence-electron chi connectivity index (χ1n) is 3.94. The summed E-state index contributed by atoms with van der Waals surface area (Å²) in [6.45, 7) is 0. The van der Waals surface area contributed by atoms with Crippen molar-refractivity contribution in [3.8, 4) is 0 Å². The standard InChI is InChI=1S/C7H11BrN2O/c8-7-5-2-1-4(11)3-6(5)9-10-7/h5-7,9-10H,1-3H2. The average molecular weight is 219 g/mol. The van der Waals surface area contributed by atoms with Gasteiger partial charge in [-0.05, 0) is 6.42 Å². The third-order valence-electron chi connectivity index (χ3n) is 2.50. The molecule has 3 nitrogen and oxygen atoms in total. The van der Waals surface area contributed by atoms with E-state index in [-0.39, 0.29) is 0 Å². The van der Waals surface area contributed by atoms with Gasteiger partial charge in [0.2, 0.25) is 0 Å². The van der Waals surface area contributed by atoms with Gasteiger partial charge in [-0.25, -0.2) is 5.43 Å². The number of ketones is 1. The van der Waals surface area contributed by atoms with Crippen LogP contribution in [0.3, 0.4) is 0 Å². The SMILES string of the molecule is O=C1CCC2C(Br)NNC2C1. The highest BCUT2D eigenvalue weighted by atomic mass is 79.9. The smallest absolute Gasteiger partial charge is 0.134 e. The van der Waals surface area contributed by atoms with E-state index in [4.69, 9.17) is 0 Å². The molecule has 1 saturated heterocycles. The van der Waals surface area contributed by atoms with Crippen LogP contribution in [0.15, 0.2) is 0 Å². The second-order valence-corrected chi connectivity index (χ2v) is 4.23. The Morgan fingerprint density at radius 3 is 3.09 bits per heavy atom. The summed E-state index contributed by atoms with van der Waals surface area (Å²) in [5.41, 5.74) is 6.22. The van der Waals surface area contributed by atoms with E-state index >= 15 is 0 Å². The van der Waals surface area contributed by atoms with Crippen LogP contribution in [0.25, 0.3) is 0 Å². The van der Waals surface area contributed by atoms with Crippen molar-refractivity contribution in [1.82, 2.24) is 10.9 Å². The molecule has 11 heavy (non-hydrogen) atoms. The van der Waals surface area contributed by atoms with Crippen LogP contribution < -0.4 is 10.9 Å². The Labute approximate surface area is 74.0 Å². The van der Waals surface area contributed by atoms with Gasteiger partial charge in [-0.3, -0.25) is 10.2 Å². The van der Waals surface area contributed by atoms with Gasteiger partial charge < -0.3 is 0 Å². The van der Waals surface area contributed by atoms with E-state index in [1.807, 2.05) is 0 Å². The summed E-state index contributed by atoms with van der Waals surface area (Å²) in [7, 11) is 0. The second kappa shape index (κ2) is 2.84. The van der Waals surface area contributed by atoms with Crippen LogP contribution in [0.2, 0.25) is 0 Å². The zero-order chi connectivity index (χ0) is 7.84. The molecule has 2 aliphatic rings. The predicted octanol–water partition coefficient (Wildman–Crippen LogP) is 0.553. The molecule has 0 amide bonds. The summed E-state index contributed by atoms with van der Waals surface area (Å²) >= 11 is 3.52. The minimum atomic E-state index is 0.348. The van der Waals surface area contributed by atoms with E-state index in [9.17, 15) is 4.79 Å². The fourth-order valence-corrected chi connectivity index (χ4v) is 2.59. The van der Waals surface area contributed by atoms with Crippen molar-refractivity contribution < 1.29 is 4.79 Å². The highest BCUT2D eigenvalue weighted by molar-refractivity contribution is 9.09. The van der Waals surface area contributed by atoms with E-state index in [2.05, 4.69) is 26.8 Å². The quantitative estimate of drug-likeness (QED) is 0.461. The summed E-state index contributed by atoms with van der Waals surface area (Å²) in [5.74, 6) is 0.981. The van der Waals surface area contributed by atoms with Crippen LogP contribution in [0.1, 0.15) is 19.3 Å². The lowest BCUT2D eigenvalue weighted by atomic mass is 9.85. The van der Waals surface area contributed by atoms with E-state index in [0.717, 1.165) is 12.8 Å². The Hall–Kier alpha value is 0.0700. The third kappa shape index (κ3) is 1.35. The van der Waals surface area contributed by atoms with Crippen molar-refractivity contribution in [1.29, 1.82) is 0 Å². The van der Waals surface area contributed by atoms with Crippen LogP contribution in [0.4, 0.5) is 0 Å². The molecule has 4 heteroatoms. The maximum absolute atomic E-state index is 11.0. The van der Waals surface area contributed by atoms with Crippen molar-refractivity contribution in [2.45, 2.75) is 30.3 Å². The number of hydrogen-bond acceptors (Lipinski definition) is 3. The number of nitrogens with one attached hydrogen (secondary N) is 2. The first kappa shape index (κ1) is 7.71. The number of fused-ring (bicyclic) bond motifs is 1. The Bertz CT molecular complexity index is 185. The molecule has 0 aromatic rings. The fourth-order valence-electron chi connectivity index (χ4n) is 1.83. The number of rotatable bonds is 0. The normalized spacial score (nSPS) is 44.1. The lowest BCUT2D eigenvalue weighted by Crippen LogP contribution is -2.36. The molecular formula is C7H11BrN2O. The van der Waals surface area contributed by atoms with Crippen LogP contribution >= 0.6 is 15.9 Å². The first-order valence-corrected chi connectivity index (χ1v) is 4.86. The number of carbonyl (C=O) groups is 1. The minimum absolute atomic E-state index is 0.348. The Kier molecular flexibility index (Phi) is 1.99. The minimum Gasteiger partial charge on any atom is -0.300 e. The van der Waals surface area contributed by atoms with E-state index in [0.29, 0.717) is 29.1 Å². The monoisotopic (exact) mass is 218 g/mol. The molecular weight excluding hydrogens is 208 g/mol. The van der Waals surface area contributed by atoms with Gasteiger partial charge >= 0.3 is 0 Å². The number of carbonyl (C=O) groups excluding carboxylic acids is 1. The summed E-state index contributed by atoms with van der Waals surface area (Å²) < 4.78 is 0. The number of Topliss-reactive ketones (excluding diaryl/α,β-unsaturated/α-hetero) is 1. The van der Waals surface area contributed by atoms with Crippen molar-refractivity contribution in [3.05, 3.63) is 0 Å². The molecule has 1 saturated carbocycles. The van der Waals surface area contributed by atoms with Crippen molar-refractivity contribution in [3.63, 3.8) is 0 Å². The number of hydrazine groups is 1. The second-order valence-electron chi connectivity index (χ2n) is 3.24. The summed E-state index contributed by atoms with van der Waals surface area (Å²) in [5, 5.41) is 0. The molecule has 2 N–H and O–H groups in total. The van der Waals surface area contributed by atoms with Crippen molar-refractivity contribution >= 4 is 21.7 Å². The maximum Gasteiger partial charge on any atom is 0.134 e. The van der Waals surface area contributed by atoms with Gasteiger partial charge in [0, 0.05) is 24.8 Å². The third-order valence-corrected chi connectivity index (χ3v) is 3.41. The van der Waals surface area contributed by atoms with Gasteiger partial charge in [0.1, 0.15) is 5.78 Å². The molecule has 0 spiro atoms. The highest BCUT2D eigenvalue weighted by Crippen LogP contribution is 2.30. The van der Waals surface area contributed by atoms with E-state index in [1.165, 1.54) is 0 Å². The van der Waals surface area contributed by atoms with Gasteiger partial charge in [-0.2, -0.15) is 0 Å². The molecule has 62 valence electrons. The van der Waals surface area contributed by atoms with E-state index < -0.39 is 0 Å². The van der Waals surface area contributed by atoms with Gasteiger partial charge in [0.05, 0.1) is 4.95 Å². The summed E-state index contributed by atoms with van der Waals surface area (Å²) in [4.78, 5) is 11.4. The maximum atomic E-state index is 11.0. The molecule has 2 rings (SSSR count). The Morgan fingerprint density at radius 1 is 1.45 bits per heavy atom. The summed E-state index contributed by atoms with van der Waals surface area (Å²) in [6, 6.07) is 0.362. The lowest BCUT2D eigenvalue weighted by Gasteiger charge is -2.23. The van der Waals surface area contributed by atoms with Gasteiger partial charge in [0.15, 0.2) is 0 Å². The first-order chi connectivity index (χ1) is 5.27. The molecule has 2 fully saturated rings. The van der Waals surface area contributed by atoms with Gasteiger partial charge in [-0.15, -0.1) is 0 Å². The molecule has 1 aliphatic carbocycles. The molecule has 1 heterocycles. The molecule has 0 aromatic carbocycles. The molecule has 0 bridgehead atoms. The fraction of sp³-hybridized carbons (Fsp3) is 0.857. The predicted molar refractivity (Wildman–Crippen MR) is 45.1 cm³/mol. The zero-order valence-electron chi connectivity index (χ0n) is 6.14. The van der Waals surface area contributed by atoms with Crippen molar-refractivity contribution in [2.24, 2.45) is 5.92 Å². The van der Waals surface area contributed by atoms with E-state index in [1.54, 1.807) is 0 Å². The largest absolute Gasteiger partial charge is 0.300 e. The number of halogens is 1. The van der Waals surface area contributed by atoms with Crippen LogP contribution in [-0.2, 0) is 4.79 Å². The summed E-state index contributed by atoms with van der Waals surface area (Å²) in [6.07, 6.45) is 2.46. The van der Waals surface area contributed by atoms with Crippen LogP contribution in [0, 0.1) is 5.92 Å². The molecule has 1 aliphatic heterocycles. The molecule has 0 aromatic heterocycles. The average Bonchev–Trinajstić information content (AvgIpc) is 2.32. The Morgan fingerprint density at radius 2 is 2.27 bits per heavy atom. The zero-order valence-corrected chi connectivity index (χ0v) is 7.73. The van der Waals surface area contributed by atoms with Crippen molar-refractivity contribution in [2.75, 3.05) is 0 Å². The molecule has 3 atom stereocenters. The highest BCUT2D eigenvalue weighted by Gasteiger charge is 2.38. The molecule has 3 unspecified atom stereocenters. The van der Waals surface area contributed by atoms with Crippen LogP contribution in [-0.4, -0.2) is 16.8 Å². The Balaban J connectivity index is 2.05. The van der Waals surface area contributed by atoms with Gasteiger partial charge in [-0.1, -0.05) is 15.9 Å². The van der Waals surface area contributed by atoms with Crippen LogP contribution in [0.5, 0.6) is 0 Å². The molecule has 0 radical (unpaired) electrons.